The Bertz CT molecular complexity index is 470. The average Bonchev–Trinajstić information content (AvgIpc) is 2.89. The maximum absolute atomic E-state index is 8.74. The van der Waals surface area contributed by atoms with Gasteiger partial charge in [-0.25, -0.2) is 4.68 Å². The van der Waals surface area contributed by atoms with Crippen LogP contribution in [0.4, 0.5) is 0 Å². The Kier molecular flexibility index (Phi) is 4.49. The number of hydrogen-bond acceptors (Lipinski definition) is 5. The van der Waals surface area contributed by atoms with E-state index in [1.165, 1.54) is 4.88 Å². The first-order valence-corrected chi connectivity index (χ1v) is 6.42. The molecule has 0 fully saturated rings. The summed E-state index contributed by atoms with van der Waals surface area (Å²) in [5, 5.41) is 19.9. The summed E-state index contributed by atoms with van der Waals surface area (Å²) in [6.07, 6.45) is 1.82. The fourth-order valence-electron chi connectivity index (χ4n) is 1.39. The van der Waals surface area contributed by atoms with E-state index >= 15 is 0 Å². The van der Waals surface area contributed by atoms with E-state index in [1.54, 1.807) is 16.0 Å². The molecule has 0 spiro atoms. The molecular weight excluding hydrogens is 260 g/mol. The van der Waals surface area contributed by atoms with Gasteiger partial charge in [-0.2, -0.15) is 0 Å². The van der Waals surface area contributed by atoms with E-state index in [-0.39, 0.29) is 6.61 Å². The van der Waals surface area contributed by atoms with Crippen molar-refractivity contribution < 1.29 is 5.11 Å². The van der Waals surface area contributed by atoms with Crippen molar-refractivity contribution in [3.05, 3.63) is 33.2 Å². The minimum Gasteiger partial charge on any atom is -0.394 e. The van der Waals surface area contributed by atoms with Gasteiger partial charge in [0.1, 0.15) is 0 Å². The summed E-state index contributed by atoms with van der Waals surface area (Å²) >= 11 is 7.40. The molecule has 92 valence electrons. The molecule has 0 aliphatic rings. The number of rotatable bonds is 6. The molecule has 0 aliphatic heterocycles. The molecule has 0 aromatic carbocycles. The van der Waals surface area contributed by atoms with Crippen LogP contribution in [0.1, 0.15) is 10.6 Å². The molecule has 0 atom stereocenters. The summed E-state index contributed by atoms with van der Waals surface area (Å²) < 4.78 is 2.43. The predicted molar refractivity (Wildman–Crippen MR) is 67.0 cm³/mol. The van der Waals surface area contributed by atoms with Crippen molar-refractivity contribution in [2.45, 2.75) is 19.6 Å². The van der Waals surface area contributed by atoms with Crippen LogP contribution in [0.15, 0.2) is 18.3 Å². The minimum atomic E-state index is 0.0733. The largest absolute Gasteiger partial charge is 0.394 e. The number of aromatic nitrogens is 3. The van der Waals surface area contributed by atoms with Gasteiger partial charge < -0.3 is 10.4 Å². The summed E-state index contributed by atoms with van der Waals surface area (Å²) in [7, 11) is 0. The van der Waals surface area contributed by atoms with E-state index in [0.717, 1.165) is 16.6 Å². The van der Waals surface area contributed by atoms with E-state index in [1.807, 2.05) is 18.3 Å². The monoisotopic (exact) mass is 272 g/mol. The number of hydrogen-bond donors (Lipinski definition) is 2. The summed E-state index contributed by atoms with van der Waals surface area (Å²) in [6, 6.07) is 3.89. The molecule has 7 heteroatoms. The van der Waals surface area contributed by atoms with Crippen LogP contribution in [0.25, 0.3) is 0 Å². The van der Waals surface area contributed by atoms with Crippen molar-refractivity contribution in [1.82, 2.24) is 20.3 Å². The molecular formula is C10H13ClN4OS. The van der Waals surface area contributed by atoms with Gasteiger partial charge in [-0.1, -0.05) is 16.8 Å². The highest BCUT2D eigenvalue weighted by molar-refractivity contribution is 7.16. The molecule has 2 aromatic rings. The molecule has 17 heavy (non-hydrogen) atoms. The smallest absolute Gasteiger partial charge is 0.0964 e. The third-order valence-corrected chi connectivity index (χ3v) is 3.38. The quantitative estimate of drug-likeness (QED) is 0.831. The Labute approximate surface area is 108 Å². The molecule has 2 N–H and O–H groups in total. The van der Waals surface area contributed by atoms with Gasteiger partial charge in [-0.05, 0) is 12.1 Å². The lowest BCUT2D eigenvalue weighted by atomic mass is 10.4. The predicted octanol–water partition coefficient (Wildman–Crippen LogP) is 1.28. The number of aliphatic hydroxyl groups excluding tert-OH is 1. The topological polar surface area (TPSA) is 63.0 Å². The van der Waals surface area contributed by atoms with Crippen molar-refractivity contribution >= 4 is 22.9 Å². The third kappa shape index (κ3) is 3.78. The zero-order chi connectivity index (χ0) is 12.1. The third-order valence-electron chi connectivity index (χ3n) is 2.15. The van der Waals surface area contributed by atoms with E-state index in [0.29, 0.717) is 13.1 Å². The molecule has 0 saturated carbocycles. The first-order valence-electron chi connectivity index (χ1n) is 5.23. The number of thiophene rings is 1. The van der Waals surface area contributed by atoms with Crippen molar-refractivity contribution in [3.8, 4) is 0 Å². The van der Waals surface area contributed by atoms with E-state index in [9.17, 15) is 0 Å². The lowest BCUT2D eigenvalue weighted by Crippen LogP contribution is -2.12. The van der Waals surface area contributed by atoms with Gasteiger partial charge in [0, 0.05) is 24.2 Å². The summed E-state index contributed by atoms with van der Waals surface area (Å²) in [5.74, 6) is 0. The molecule has 2 rings (SSSR count). The first-order chi connectivity index (χ1) is 8.28. The van der Waals surface area contributed by atoms with Crippen molar-refractivity contribution in [3.63, 3.8) is 0 Å². The fraction of sp³-hybridized carbons (Fsp3) is 0.400. The standard InChI is InChI=1S/C10H13ClN4OS/c11-10-2-1-9(17-10)6-12-5-8-7-15(3-4-16)14-13-8/h1-2,7,12,16H,3-6H2. The molecule has 0 aliphatic carbocycles. The van der Waals surface area contributed by atoms with Crippen LogP contribution < -0.4 is 5.32 Å². The Morgan fingerprint density at radius 1 is 1.41 bits per heavy atom. The second-order valence-corrected chi connectivity index (χ2v) is 5.31. The van der Waals surface area contributed by atoms with Crippen LogP contribution in [-0.4, -0.2) is 26.7 Å². The molecule has 0 saturated heterocycles. The van der Waals surface area contributed by atoms with Crippen LogP contribution >= 0.6 is 22.9 Å². The minimum absolute atomic E-state index is 0.0733. The molecule has 0 amide bonds. The second-order valence-electron chi connectivity index (χ2n) is 3.51. The van der Waals surface area contributed by atoms with Gasteiger partial charge >= 0.3 is 0 Å². The fourth-order valence-corrected chi connectivity index (χ4v) is 2.45. The maximum atomic E-state index is 8.74. The van der Waals surface area contributed by atoms with Gasteiger partial charge in [0.05, 0.1) is 23.2 Å². The molecule has 0 radical (unpaired) electrons. The van der Waals surface area contributed by atoms with Gasteiger partial charge in [0.25, 0.3) is 0 Å². The molecule has 0 unspecified atom stereocenters. The summed E-state index contributed by atoms with van der Waals surface area (Å²) in [5.41, 5.74) is 0.862. The van der Waals surface area contributed by atoms with Crippen LogP contribution in [-0.2, 0) is 19.6 Å². The van der Waals surface area contributed by atoms with Crippen LogP contribution in [0.2, 0.25) is 4.34 Å². The first kappa shape index (κ1) is 12.5. The van der Waals surface area contributed by atoms with Crippen LogP contribution in [0, 0.1) is 0 Å². The molecule has 0 bridgehead atoms. The van der Waals surface area contributed by atoms with Gasteiger partial charge in [0.15, 0.2) is 0 Å². The van der Waals surface area contributed by atoms with Crippen molar-refractivity contribution in [2.24, 2.45) is 0 Å². The Balaban J connectivity index is 1.77. The zero-order valence-electron chi connectivity index (χ0n) is 9.14. The Morgan fingerprint density at radius 3 is 3.00 bits per heavy atom. The molecule has 2 heterocycles. The molecule has 2 aromatic heterocycles. The number of nitrogens with one attached hydrogen (secondary N) is 1. The van der Waals surface area contributed by atoms with E-state index in [2.05, 4.69) is 15.6 Å². The highest BCUT2D eigenvalue weighted by Crippen LogP contribution is 2.20. The van der Waals surface area contributed by atoms with Crippen LogP contribution in [0.3, 0.4) is 0 Å². The van der Waals surface area contributed by atoms with Crippen molar-refractivity contribution in [1.29, 1.82) is 0 Å². The number of aliphatic hydroxyl groups is 1. The van der Waals surface area contributed by atoms with E-state index in [4.69, 9.17) is 16.7 Å². The number of nitrogens with zero attached hydrogens (tertiary/aromatic N) is 3. The summed E-state index contributed by atoms with van der Waals surface area (Å²) in [4.78, 5) is 1.19. The van der Waals surface area contributed by atoms with Gasteiger partial charge in [-0.3, -0.25) is 0 Å². The van der Waals surface area contributed by atoms with Crippen LogP contribution in [0.5, 0.6) is 0 Å². The molecule has 5 nitrogen and oxygen atoms in total. The zero-order valence-corrected chi connectivity index (χ0v) is 10.7. The Morgan fingerprint density at radius 2 is 2.29 bits per heavy atom. The lowest BCUT2D eigenvalue weighted by Gasteiger charge is -1.98. The van der Waals surface area contributed by atoms with Crippen molar-refractivity contribution in [2.75, 3.05) is 6.61 Å². The second kappa shape index (κ2) is 6.11. The SMILES string of the molecule is OCCn1cc(CNCc2ccc(Cl)s2)nn1. The Hall–Kier alpha value is -0.950. The van der Waals surface area contributed by atoms with E-state index < -0.39 is 0 Å². The van der Waals surface area contributed by atoms with Gasteiger partial charge in [0.2, 0.25) is 0 Å². The average molecular weight is 273 g/mol. The highest BCUT2D eigenvalue weighted by Gasteiger charge is 2.01. The number of halogens is 1. The lowest BCUT2D eigenvalue weighted by molar-refractivity contribution is 0.268. The highest BCUT2D eigenvalue weighted by atomic mass is 35.5. The normalized spacial score (nSPS) is 10.9. The maximum Gasteiger partial charge on any atom is 0.0964 e. The summed E-state index contributed by atoms with van der Waals surface area (Å²) in [6.45, 7) is 1.97. The van der Waals surface area contributed by atoms with Gasteiger partial charge in [-0.15, -0.1) is 16.4 Å².